The second kappa shape index (κ2) is 5.57. The third-order valence-corrected chi connectivity index (χ3v) is 3.55. The Morgan fingerprint density at radius 3 is 2.76 bits per heavy atom. The second-order valence-corrected chi connectivity index (χ2v) is 4.82. The Balaban J connectivity index is 2.14. The van der Waals surface area contributed by atoms with Crippen molar-refractivity contribution >= 4 is 22.7 Å². The van der Waals surface area contributed by atoms with Gasteiger partial charge in [-0.1, -0.05) is 0 Å². The maximum atomic E-state index is 11.5. The highest BCUT2D eigenvalue weighted by molar-refractivity contribution is 5.98. The van der Waals surface area contributed by atoms with Gasteiger partial charge in [-0.2, -0.15) is 0 Å². The van der Waals surface area contributed by atoms with Crippen molar-refractivity contribution in [3.05, 3.63) is 29.8 Å². The third-order valence-electron chi connectivity index (χ3n) is 3.55. The molecule has 1 aromatic heterocycles. The standard InChI is InChI=1S/C15H16N2O4/c1-20-11-3-2-10-8-12(15(18)19)14(16-13(10)9-11)17-4-6-21-7-5-17/h2-3,8-9H,4-7H2,1H3,(H,18,19). The van der Waals surface area contributed by atoms with Crippen LogP contribution < -0.4 is 9.64 Å². The van der Waals surface area contributed by atoms with Crippen molar-refractivity contribution < 1.29 is 19.4 Å². The minimum Gasteiger partial charge on any atom is -0.497 e. The van der Waals surface area contributed by atoms with Crippen molar-refractivity contribution in [2.45, 2.75) is 0 Å². The quantitative estimate of drug-likeness (QED) is 0.928. The summed E-state index contributed by atoms with van der Waals surface area (Å²) in [5.41, 5.74) is 0.940. The van der Waals surface area contributed by atoms with E-state index in [2.05, 4.69) is 4.98 Å². The molecule has 21 heavy (non-hydrogen) atoms. The summed E-state index contributed by atoms with van der Waals surface area (Å²) in [4.78, 5) is 18.0. The van der Waals surface area contributed by atoms with Gasteiger partial charge >= 0.3 is 5.97 Å². The maximum Gasteiger partial charge on any atom is 0.339 e. The lowest BCUT2D eigenvalue weighted by atomic mass is 10.1. The number of pyridine rings is 1. The first-order chi connectivity index (χ1) is 10.2. The first kappa shape index (κ1) is 13.6. The molecular formula is C15H16N2O4. The molecule has 0 atom stereocenters. The average Bonchev–Trinajstić information content (AvgIpc) is 2.53. The van der Waals surface area contributed by atoms with Gasteiger partial charge in [-0.15, -0.1) is 0 Å². The first-order valence-corrected chi connectivity index (χ1v) is 6.74. The van der Waals surface area contributed by atoms with E-state index in [1.54, 1.807) is 19.2 Å². The molecule has 1 N–H and O–H groups in total. The summed E-state index contributed by atoms with van der Waals surface area (Å²) in [6.07, 6.45) is 0. The lowest BCUT2D eigenvalue weighted by Gasteiger charge is -2.29. The normalized spacial score (nSPS) is 15.2. The van der Waals surface area contributed by atoms with E-state index in [0.717, 1.165) is 10.9 Å². The highest BCUT2D eigenvalue weighted by Crippen LogP contribution is 2.27. The summed E-state index contributed by atoms with van der Waals surface area (Å²) >= 11 is 0. The highest BCUT2D eigenvalue weighted by atomic mass is 16.5. The van der Waals surface area contributed by atoms with Crippen LogP contribution in [0.3, 0.4) is 0 Å². The van der Waals surface area contributed by atoms with Gasteiger partial charge in [-0.05, 0) is 18.2 Å². The number of carbonyl (C=O) groups is 1. The van der Waals surface area contributed by atoms with Crippen LogP contribution in [0.15, 0.2) is 24.3 Å². The van der Waals surface area contributed by atoms with Crippen molar-refractivity contribution in [3.63, 3.8) is 0 Å². The predicted molar refractivity (Wildman–Crippen MR) is 78.3 cm³/mol. The molecule has 2 aromatic rings. The van der Waals surface area contributed by atoms with Crippen LogP contribution in [0.4, 0.5) is 5.82 Å². The Bertz CT molecular complexity index is 681. The minimum atomic E-state index is -0.971. The zero-order chi connectivity index (χ0) is 14.8. The van der Waals surface area contributed by atoms with Gasteiger partial charge in [0.15, 0.2) is 0 Å². The van der Waals surface area contributed by atoms with Crippen molar-refractivity contribution in [3.8, 4) is 5.75 Å². The molecule has 0 saturated carbocycles. The topological polar surface area (TPSA) is 71.9 Å². The monoisotopic (exact) mass is 288 g/mol. The minimum absolute atomic E-state index is 0.217. The van der Waals surface area contributed by atoms with E-state index >= 15 is 0 Å². The SMILES string of the molecule is COc1ccc2cc(C(=O)O)c(N3CCOCC3)nc2c1. The van der Waals surface area contributed by atoms with Gasteiger partial charge in [0.2, 0.25) is 0 Å². The summed E-state index contributed by atoms with van der Waals surface area (Å²) < 4.78 is 10.5. The number of hydrogen-bond acceptors (Lipinski definition) is 5. The molecule has 1 aliphatic heterocycles. The number of fused-ring (bicyclic) bond motifs is 1. The van der Waals surface area contributed by atoms with E-state index in [1.165, 1.54) is 0 Å². The van der Waals surface area contributed by atoms with Gasteiger partial charge in [0.25, 0.3) is 0 Å². The van der Waals surface area contributed by atoms with Crippen LogP contribution in [0.5, 0.6) is 5.75 Å². The number of nitrogens with zero attached hydrogens (tertiary/aromatic N) is 2. The summed E-state index contributed by atoms with van der Waals surface area (Å²) in [5.74, 6) is 0.222. The smallest absolute Gasteiger partial charge is 0.339 e. The molecule has 0 amide bonds. The van der Waals surface area contributed by atoms with Crippen LogP contribution in [-0.4, -0.2) is 49.5 Å². The van der Waals surface area contributed by atoms with Gasteiger partial charge in [-0.3, -0.25) is 0 Å². The number of methoxy groups -OCH3 is 1. The molecule has 0 bridgehead atoms. The van der Waals surface area contributed by atoms with E-state index in [4.69, 9.17) is 9.47 Å². The van der Waals surface area contributed by atoms with Gasteiger partial charge in [0, 0.05) is 24.5 Å². The van der Waals surface area contributed by atoms with E-state index in [9.17, 15) is 9.90 Å². The number of aromatic nitrogens is 1. The largest absolute Gasteiger partial charge is 0.497 e. The number of ether oxygens (including phenoxy) is 2. The van der Waals surface area contributed by atoms with Crippen molar-refractivity contribution in [1.82, 2.24) is 4.98 Å². The van der Waals surface area contributed by atoms with E-state index in [-0.39, 0.29) is 5.56 Å². The third kappa shape index (κ3) is 2.62. The van der Waals surface area contributed by atoms with Crippen LogP contribution in [0.2, 0.25) is 0 Å². The molecule has 1 aromatic carbocycles. The van der Waals surface area contributed by atoms with Crippen LogP contribution in [0.25, 0.3) is 10.9 Å². The van der Waals surface area contributed by atoms with Crippen molar-refractivity contribution in [2.24, 2.45) is 0 Å². The van der Waals surface area contributed by atoms with Crippen LogP contribution in [0.1, 0.15) is 10.4 Å². The van der Waals surface area contributed by atoms with Crippen molar-refractivity contribution in [1.29, 1.82) is 0 Å². The zero-order valence-corrected chi connectivity index (χ0v) is 11.7. The Kier molecular flexibility index (Phi) is 3.62. The number of anilines is 1. The Morgan fingerprint density at radius 1 is 1.33 bits per heavy atom. The summed E-state index contributed by atoms with van der Waals surface area (Å²) in [5, 5.41) is 10.2. The van der Waals surface area contributed by atoms with E-state index < -0.39 is 5.97 Å². The average molecular weight is 288 g/mol. The first-order valence-electron chi connectivity index (χ1n) is 6.74. The fraction of sp³-hybridized carbons (Fsp3) is 0.333. The molecule has 1 aliphatic rings. The Hall–Kier alpha value is -2.34. The number of carboxylic acids is 1. The number of morpholine rings is 1. The lowest BCUT2D eigenvalue weighted by molar-refractivity contribution is 0.0696. The van der Waals surface area contributed by atoms with E-state index in [1.807, 2.05) is 17.0 Å². The summed E-state index contributed by atoms with van der Waals surface area (Å²) in [6, 6.07) is 7.08. The predicted octanol–water partition coefficient (Wildman–Crippen LogP) is 1.78. The molecular weight excluding hydrogens is 272 g/mol. The van der Waals surface area contributed by atoms with Gasteiger partial charge in [0.1, 0.15) is 17.1 Å². The van der Waals surface area contributed by atoms with Crippen LogP contribution in [0, 0.1) is 0 Å². The van der Waals surface area contributed by atoms with E-state index in [0.29, 0.717) is 37.9 Å². The van der Waals surface area contributed by atoms with Gasteiger partial charge in [0.05, 0.1) is 25.8 Å². The number of hydrogen-bond donors (Lipinski definition) is 1. The zero-order valence-electron chi connectivity index (χ0n) is 11.7. The molecule has 0 radical (unpaired) electrons. The molecule has 2 heterocycles. The molecule has 110 valence electrons. The lowest BCUT2D eigenvalue weighted by Crippen LogP contribution is -2.37. The Morgan fingerprint density at radius 2 is 2.10 bits per heavy atom. The molecule has 1 saturated heterocycles. The Labute approximate surface area is 121 Å². The van der Waals surface area contributed by atoms with Gasteiger partial charge in [-0.25, -0.2) is 9.78 Å². The highest BCUT2D eigenvalue weighted by Gasteiger charge is 2.21. The number of benzene rings is 1. The van der Waals surface area contributed by atoms with Gasteiger partial charge < -0.3 is 19.5 Å². The molecule has 0 spiro atoms. The molecule has 6 nitrogen and oxygen atoms in total. The fourth-order valence-corrected chi connectivity index (χ4v) is 2.44. The number of carboxylic acid groups (broad SMARTS) is 1. The summed E-state index contributed by atoms with van der Waals surface area (Å²) in [6.45, 7) is 2.44. The fourth-order valence-electron chi connectivity index (χ4n) is 2.44. The maximum absolute atomic E-state index is 11.5. The molecule has 3 rings (SSSR count). The molecule has 0 unspecified atom stereocenters. The second-order valence-electron chi connectivity index (χ2n) is 4.82. The molecule has 1 fully saturated rings. The number of aromatic carboxylic acids is 1. The van der Waals surface area contributed by atoms with Crippen molar-refractivity contribution in [2.75, 3.05) is 38.3 Å². The summed E-state index contributed by atoms with van der Waals surface area (Å²) in [7, 11) is 1.59. The number of rotatable bonds is 3. The van der Waals surface area contributed by atoms with Crippen LogP contribution >= 0.6 is 0 Å². The molecule has 6 heteroatoms. The van der Waals surface area contributed by atoms with Crippen LogP contribution in [-0.2, 0) is 4.74 Å². The molecule has 0 aliphatic carbocycles.